The van der Waals surface area contributed by atoms with Crippen molar-refractivity contribution >= 4 is 34.1 Å². The molecule has 31 heavy (non-hydrogen) atoms. The Labute approximate surface area is 179 Å². The van der Waals surface area contributed by atoms with Crippen molar-refractivity contribution in [3.8, 4) is 0 Å². The second kappa shape index (κ2) is 8.37. The van der Waals surface area contributed by atoms with Gasteiger partial charge in [-0.3, -0.25) is 0 Å². The molecular formula is C20H18F6N4S. The molecule has 3 rings (SSSR count). The molecule has 0 aliphatic rings. The van der Waals surface area contributed by atoms with Crippen molar-refractivity contribution in [2.45, 2.75) is 32.2 Å². The molecule has 0 spiro atoms. The lowest BCUT2D eigenvalue weighted by Gasteiger charge is -2.23. The zero-order chi connectivity index (χ0) is 23.0. The highest BCUT2D eigenvalue weighted by molar-refractivity contribution is 7.80. The summed E-state index contributed by atoms with van der Waals surface area (Å²) < 4.78 is 78.3. The minimum Gasteiger partial charge on any atom is -0.352 e. The smallest absolute Gasteiger partial charge is 0.352 e. The number of nitrogens with one attached hydrogen (secondary N) is 3. The molecule has 0 fully saturated rings. The largest absolute Gasteiger partial charge is 0.416 e. The summed E-state index contributed by atoms with van der Waals surface area (Å²) in [6, 6.07) is 8.06. The van der Waals surface area contributed by atoms with Crippen molar-refractivity contribution in [3.63, 3.8) is 0 Å². The lowest BCUT2D eigenvalue weighted by Crippen LogP contribution is -2.35. The van der Waals surface area contributed by atoms with E-state index in [1.54, 1.807) is 0 Å². The van der Waals surface area contributed by atoms with E-state index in [2.05, 4.69) is 20.6 Å². The fourth-order valence-electron chi connectivity index (χ4n) is 3.01. The van der Waals surface area contributed by atoms with Crippen molar-refractivity contribution in [1.82, 2.24) is 15.3 Å². The van der Waals surface area contributed by atoms with Gasteiger partial charge in [-0.25, -0.2) is 4.98 Å². The molecule has 11 heteroatoms. The molecule has 4 nitrogen and oxygen atoms in total. The molecule has 0 aliphatic carbocycles. The maximum absolute atomic E-state index is 13.1. The monoisotopic (exact) mass is 460 g/mol. The van der Waals surface area contributed by atoms with Crippen molar-refractivity contribution in [2.24, 2.45) is 5.92 Å². The highest BCUT2D eigenvalue weighted by Crippen LogP contribution is 2.37. The van der Waals surface area contributed by atoms with Gasteiger partial charge in [0.1, 0.15) is 5.82 Å². The number of imidazole rings is 1. The molecule has 0 amide bonds. The number of alkyl halides is 6. The molecular weight excluding hydrogens is 442 g/mol. The molecule has 0 unspecified atom stereocenters. The van der Waals surface area contributed by atoms with Gasteiger partial charge in [0.2, 0.25) is 0 Å². The second-order valence-corrected chi connectivity index (χ2v) is 7.66. The standard InChI is InChI=1S/C20H18F6N4S/c1-10(2)16(17-28-14-5-3-4-6-15(14)29-17)30-18(31)27-13-8-11(19(21,22)23)7-12(9-13)20(24,25)26/h3-10,16H,1-2H3,(H,28,29)(H2,27,30,31)/t16-/m1/s1. The number of aromatic nitrogens is 2. The molecule has 0 radical (unpaired) electrons. The van der Waals surface area contributed by atoms with Crippen LogP contribution in [0.2, 0.25) is 0 Å². The van der Waals surface area contributed by atoms with Crippen molar-refractivity contribution in [3.05, 3.63) is 59.4 Å². The third-order valence-corrected chi connectivity index (χ3v) is 4.72. The molecule has 3 N–H and O–H groups in total. The number of hydrogen-bond acceptors (Lipinski definition) is 2. The van der Waals surface area contributed by atoms with Gasteiger partial charge in [-0.05, 0) is 48.5 Å². The Kier molecular flexibility index (Phi) is 6.17. The third kappa shape index (κ3) is 5.46. The van der Waals surface area contributed by atoms with E-state index in [1.807, 2.05) is 38.1 Å². The zero-order valence-electron chi connectivity index (χ0n) is 16.3. The first-order chi connectivity index (χ1) is 14.3. The highest BCUT2D eigenvalue weighted by Gasteiger charge is 2.37. The number of nitrogens with zero attached hydrogens (tertiary/aromatic N) is 1. The highest BCUT2D eigenvalue weighted by atomic mass is 32.1. The number of aromatic amines is 1. The van der Waals surface area contributed by atoms with Gasteiger partial charge in [-0.1, -0.05) is 26.0 Å². The van der Waals surface area contributed by atoms with Crippen LogP contribution in [0.1, 0.15) is 36.8 Å². The second-order valence-electron chi connectivity index (χ2n) is 7.25. The first-order valence-corrected chi connectivity index (χ1v) is 9.57. The fraction of sp³-hybridized carbons (Fsp3) is 0.300. The number of thiocarbonyl (C=S) groups is 1. The molecule has 0 saturated heterocycles. The van der Waals surface area contributed by atoms with E-state index < -0.39 is 35.2 Å². The number of halogens is 6. The topological polar surface area (TPSA) is 52.7 Å². The van der Waals surface area contributed by atoms with Crippen LogP contribution in [-0.4, -0.2) is 15.1 Å². The maximum Gasteiger partial charge on any atom is 0.416 e. The van der Waals surface area contributed by atoms with Crippen LogP contribution in [-0.2, 0) is 12.4 Å². The van der Waals surface area contributed by atoms with Gasteiger partial charge >= 0.3 is 12.4 Å². The van der Waals surface area contributed by atoms with E-state index in [4.69, 9.17) is 12.2 Å². The molecule has 1 aromatic heterocycles. The van der Waals surface area contributed by atoms with Crippen LogP contribution in [0.3, 0.4) is 0 Å². The van der Waals surface area contributed by atoms with E-state index in [1.165, 1.54) is 0 Å². The molecule has 2 aromatic carbocycles. The zero-order valence-corrected chi connectivity index (χ0v) is 17.1. The number of rotatable bonds is 4. The maximum atomic E-state index is 13.1. The summed E-state index contributed by atoms with van der Waals surface area (Å²) in [7, 11) is 0. The molecule has 1 heterocycles. The lowest BCUT2D eigenvalue weighted by molar-refractivity contribution is -0.143. The Morgan fingerprint density at radius 1 is 0.968 bits per heavy atom. The van der Waals surface area contributed by atoms with Crippen LogP contribution in [0, 0.1) is 5.92 Å². The number of anilines is 1. The quantitative estimate of drug-likeness (QED) is 0.317. The SMILES string of the molecule is CC(C)[C@@H](NC(=S)Nc1cc(C(F)(F)F)cc(C(F)(F)F)c1)c1nc2ccccc2[nH]1. The normalized spacial score (nSPS) is 13.5. The minimum absolute atomic E-state index is 0.0486. The number of fused-ring (bicyclic) bond motifs is 1. The van der Waals surface area contributed by atoms with Crippen LogP contribution in [0.15, 0.2) is 42.5 Å². The molecule has 0 bridgehead atoms. The predicted molar refractivity (Wildman–Crippen MR) is 109 cm³/mol. The minimum atomic E-state index is -4.94. The van der Waals surface area contributed by atoms with Crippen molar-refractivity contribution in [1.29, 1.82) is 0 Å². The molecule has 166 valence electrons. The average Bonchev–Trinajstić information content (AvgIpc) is 3.08. The molecule has 1 atom stereocenters. The van der Waals surface area contributed by atoms with Gasteiger partial charge in [0.05, 0.1) is 28.2 Å². The molecule has 3 aromatic rings. The molecule has 0 saturated carbocycles. The Morgan fingerprint density at radius 2 is 1.55 bits per heavy atom. The summed E-state index contributed by atoms with van der Waals surface area (Å²) in [5, 5.41) is 5.22. The van der Waals surface area contributed by atoms with Crippen LogP contribution < -0.4 is 10.6 Å². The van der Waals surface area contributed by atoms with Crippen LogP contribution in [0.25, 0.3) is 11.0 Å². The summed E-state index contributed by atoms with van der Waals surface area (Å²) >= 11 is 5.16. The van der Waals surface area contributed by atoms with E-state index in [0.717, 1.165) is 11.0 Å². The number of para-hydroxylation sites is 2. The van der Waals surface area contributed by atoms with Gasteiger partial charge in [-0.2, -0.15) is 26.3 Å². The first-order valence-electron chi connectivity index (χ1n) is 9.16. The molecule has 0 aliphatic heterocycles. The number of H-pyrrole nitrogens is 1. The first kappa shape index (κ1) is 22.9. The van der Waals surface area contributed by atoms with Gasteiger partial charge in [-0.15, -0.1) is 0 Å². The van der Waals surface area contributed by atoms with E-state index in [-0.39, 0.29) is 17.1 Å². The Balaban J connectivity index is 1.85. The van der Waals surface area contributed by atoms with Crippen molar-refractivity contribution < 1.29 is 26.3 Å². The van der Waals surface area contributed by atoms with Crippen LogP contribution in [0.4, 0.5) is 32.0 Å². The Bertz CT molecular complexity index is 1020. The van der Waals surface area contributed by atoms with E-state index in [9.17, 15) is 26.3 Å². The van der Waals surface area contributed by atoms with E-state index in [0.29, 0.717) is 18.0 Å². The number of benzene rings is 2. The summed E-state index contributed by atoms with van der Waals surface area (Å²) in [4.78, 5) is 7.63. The average molecular weight is 460 g/mol. The fourth-order valence-corrected chi connectivity index (χ4v) is 3.25. The van der Waals surface area contributed by atoms with Gasteiger partial charge in [0, 0.05) is 5.69 Å². The Morgan fingerprint density at radius 3 is 2.06 bits per heavy atom. The summed E-state index contributed by atoms with van der Waals surface area (Å²) in [5.74, 6) is 0.493. The summed E-state index contributed by atoms with van der Waals surface area (Å²) in [6.45, 7) is 3.75. The van der Waals surface area contributed by atoms with Gasteiger partial charge < -0.3 is 15.6 Å². The summed E-state index contributed by atoms with van der Waals surface area (Å²) in [6.07, 6.45) is -9.89. The van der Waals surface area contributed by atoms with Gasteiger partial charge in [0.15, 0.2) is 5.11 Å². The third-order valence-electron chi connectivity index (χ3n) is 4.50. The summed E-state index contributed by atoms with van der Waals surface area (Å²) in [5.41, 5.74) is -1.77. The predicted octanol–water partition coefficient (Wildman–Crippen LogP) is 6.28. The van der Waals surface area contributed by atoms with Gasteiger partial charge in [0.25, 0.3) is 0 Å². The lowest BCUT2D eigenvalue weighted by atomic mass is 10.0. The van der Waals surface area contributed by atoms with Crippen LogP contribution in [0.5, 0.6) is 0 Å². The van der Waals surface area contributed by atoms with Crippen molar-refractivity contribution in [2.75, 3.05) is 5.32 Å². The van der Waals surface area contributed by atoms with Crippen LogP contribution >= 0.6 is 12.2 Å². The van der Waals surface area contributed by atoms with E-state index >= 15 is 0 Å². The number of hydrogen-bond donors (Lipinski definition) is 3. The Hall–Kier alpha value is -2.82.